The van der Waals surface area contributed by atoms with Crippen LogP contribution in [0, 0.1) is 5.92 Å². The molecule has 100 valence electrons. The van der Waals surface area contributed by atoms with Crippen molar-refractivity contribution in [3.8, 4) is 0 Å². The largest absolute Gasteiger partial charge is 0.382 e. The molecule has 1 saturated heterocycles. The molecule has 0 aliphatic carbocycles. The van der Waals surface area contributed by atoms with Crippen LogP contribution >= 0.6 is 0 Å². The Morgan fingerprint density at radius 2 is 2.18 bits per heavy atom. The van der Waals surface area contributed by atoms with Crippen LogP contribution in [0.4, 0.5) is 0 Å². The van der Waals surface area contributed by atoms with Gasteiger partial charge < -0.3 is 20.1 Å². The van der Waals surface area contributed by atoms with Crippen molar-refractivity contribution < 1.29 is 14.3 Å². The zero-order valence-electron chi connectivity index (χ0n) is 11.0. The van der Waals surface area contributed by atoms with Gasteiger partial charge in [-0.25, -0.2) is 0 Å². The minimum Gasteiger partial charge on any atom is -0.382 e. The van der Waals surface area contributed by atoms with Crippen molar-refractivity contribution in [2.24, 2.45) is 5.92 Å². The summed E-state index contributed by atoms with van der Waals surface area (Å²) in [6.45, 7) is 6.39. The molecular weight excluding hydrogens is 220 g/mol. The fourth-order valence-electron chi connectivity index (χ4n) is 2.14. The van der Waals surface area contributed by atoms with Gasteiger partial charge in [-0.05, 0) is 25.8 Å². The number of carbonyl (C=O) groups excluding carboxylic acids is 1. The Bertz CT molecular complexity index is 226. The van der Waals surface area contributed by atoms with Crippen LogP contribution in [-0.2, 0) is 14.3 Å². The van der Waals surface area contributed by atoms with Gasteiger partial charge in [0.15, 0.2) is 0 Å². The van der Waals surface area contributed by atoms with Gasteiger partial charge in [-0.3, -0.25) is 4.79 Å². The van der Waals surface area contributed by atoms with E-state index in [2.05, 4.69) is 24.5 Å². The average Bonchev–Trinajstić information content (AvgIpc) is 2.30. The topological polar surface area (TPSA) is 59.6 Å². The zero-order chi connectivity index (χ0) is 12.7. The molecular formula is C12H24N2O3. The highest BCUT2D eigenvalue weighted by molar-refractivity contribution is 5.77. The number of nitrogens with one attached hydrogen (secondary N) is 2. The Balaban J connectivity index is 2.24. The first kappa shape index (κ1) is 14.4. The molecule has 3 unspecified atom stereocenters. The Hall–Kier alpha value is -0.650. The van der Waals surface area contributed by atoms with Crippen LogP contribution in [0.15, 0.2) is 0 Å². The third kappa shape index (κ3) is 5.02. The molecule has 2 N–H and O–H groups in total. The maximum atomic E-state index is 11.7. The SMILES string of the molecule is COCCOCC(=O)NC1C(C)CCNC1C. The zero-order valence-corrected chi connectivity index (χ0v) is 11.0. The van der Waals surface area contributed by atoms with Gasteiger partial charge in [0.1, 0.15) is 6.61 Å². The molecule has 17 heavy (non-hydrogen) atoms. The second-order valence-electron chi connectivity index (χ2n) is 4.65. The lowest BCUT2D eigenvalue weighted by Gasteiger charge is -2.35. The smallest absolute Gasteiger partial charge is 0.246 e. The van der Waals surface area contributed by atoms with E-state index in [0.29, 0.717) is 25.2 Å². The van der Waals surface area contributed by atoms with E-state index in [9.17, 15) is 4.79 Å². The van der Waals surface area contributed by atoms with E-state index in [4.69, 9.17) is 9.47 Å². The summed E-state index contributed by atoms with van der Waals surface area (Å²) in [6, 6.07) is 0.518. The highest BCUT2D eigenvalue weighted by atomic mass is 16.5. The van der Waals surface area contributed by atoms with Crippen molar-refractivity contribution in [2.75, 3.05) is 33.5 Å². The molecule has 0 saturated carbocycles. The Labute approximate surface area is 103 Å². The van der Waals surface area contributed by atoms with Crippen LogP contribution in [-0.4, -0.2) is 51.5 Å². The second-order valence-corrected chi connectivity index (χ2v) is 4.65. The molecule has 1 amide bonds. The van der Waals surface area contributed by atoms with E-state index < -0.39 is 0 Å². The van der Waals surface area contributed by atoms with Crippen LogP contribution in [0.25, 0.3) is 0 Å². The van der Waals surface area contributed by atoms with E-state index >= 15 is 0 Å². The van der Waals surface area contributed by atoms with E-state index in [1.54, 1.807) is 7.11 Å². The highest BCUT2D eigenvalue weighted by Gasteiger charge is 2.28. The summed E-state index contributed by atoms with van der Waals surface area (Å²) in [6.07, 6.45) is 1.10. The van der Waals surface area contributed by atoms with E-state index in [0.717, 1.165) is 13.0 Å². The fourth-order valence-corrected chi connectivity index (χ4v) is 2.14. The number of rotatable bonds is 6. The quantitative estimate of drug-likeness (QED) is 0.653. The maximum absolute atomic E-state index is 11.7. The Morgan fingerprint density at radius 1 is 1.41 bits per heavy atom. The fraction of sp³-hybridized carbons (Fsp3) is 0.917. The highest BCUT2D eigenvalue weighted by Crippen LogP contribution is 2.15. The molecule has 1 aliphatic heterocycles. The lowest BCUT2D eigenvalue weighted by atomic mass is 9.89. The minimum absolute atomic E-state index is 0.0477. The summed E-state index contributed by atoms with van der Waals surface area (Å²) >= 11 is 0. The molecule has 5 heteroatoms. The lowest BCUT2D eigenvalue weighted by molar-refractivity contribution is -0.127. The van der Waals surface area contributed by atoms with Crippen molar-refractivity contribution in [3.63, 3.8) is 0 Å². The number of hydrogen-bond donors (Lipinski definition) is 2. The van der Waals surface area contributed by atoms with Gasteiger partial charge in [-0.2, -0.15) is 0 Å². The first-order valence-electron chi connectivity index (χ1n) is 6.24. The van der Waals surface area contributed by atoms with Crippen LogP contribution in [0.2, 0.25) is 0 Å². The van der Waals surface area contributed by atoms with Crippen molar-refractivity contribution in [3.05, 3.63) is 0 Å². The van der Waals surface area contributed by atoms with Gasteiger partial charge in [0, 0.05) is 19.2 Å². The molecule has 0 aromatic heterocycles. The van der Waals surface area contributed by atoms with Gasteiger partial charge in [0.2, 0.25) is 5.91 Å². The molecule has 1 aliphatic rings. The predicted molar refractivity (Wildman–Crippen MR) is 65.9 cm³/mol. The van der Waals surface area contributed by atoms with Crippen molar-refractivity contribution in [1.82, 2.24) is 10.6 Å². The van der Waals surface area contributed by atoms with Crippen LogP contribution in [0.5, 0.6) is 0 Å². The van der Waals surface area contributed by atoms with Gasteiger partial charge in [0.25, 0.3) is 0 Å². The third-order valence-corrected chi connectivity index (χ3v) is 3.21. The normalized spacial score (nSPS) is 29.0. The lowest BCUT2D eigenvalue weighted by Crippen LogP contribution is -2.56. The van der Waals surface area contributed by atoms with Crippen LogP contribution in [0.1, 0.15) is 20.3 Å². The number of ether oxygens (including phenoxy) is 2. The molecule has 5 nitrogen and oxygen atoms in total. The molecule has 0 spiro atoms. The molecule has 3 atom stereocenters. The molecule has 0 aromatic carbocycles. The predicted octanol–water partition coefficient (Wildman–Crippen LogP) is 0.152. The van der Waals surface area contributed by atoms with Gasteiger partial charge >= 0.3 is 0 Å². The van der Waals surface area contributed by atoms with Crippen molar-refractivity contribution in [1.29, 1.82) is 0 Å². The number of amides is 1. The number of piperidine rings is 1. The van der Waals surface area contributed by atoms with Crippen LogP contribution in [0.3, 0.4) is 0 Å². The second kappa shape index (κ2) is 7.63. The molecule has 1 heterocycles. The summed E-state index contributed by atoms with van der Waals surface area (Å²) in [5.41, 5.74) is 0. The van der Waals surface area contributed by atoms with Crippen molar-refractivity contribution in [2.45, 2.75) is 32.4 Å². The maximum Gasteiger partial charge on any atom is 0.246 e. The summed E-state index contributed by atoms with van der Waals surface area (Å²) < 4.78 is 10.0. The molecule has 1 fully saturated rings. The molecule has 0 aromatic rings. The number of hydrogen-bond acceptors (Lipinski definition) is 4. The van der Waals surface area contributed by atoms with E-state index in [1.807, 2.05) is 0 Å². The molecule has 0 bridgehead atoms. The monoisotopic (exact) mass is 244 g/mol. The third-order valence-electron chi connectivity index (χ3n) is 3.21. The first-order chi connectivity index (χ1) is 8.15. The first-order valence-corrected chi connectivity index (χ1v) is 6.24. The molecule has 0 radical (unpaired) electrons. The Morgan fingerprint density at radius 3 is 2.82 bits per heavy atom. The number of methoxy groups -OCH3 is 1. The molecule has 1 rings (SSSR count). The summed E-state index contributed by atoms with van der Waals surface area (Å²) in [5, 5.41) is 6.40. The average molecular weight is 244 g/mol. The van der Waals surface area contributed by atoms with Crippen molar-refractivity contribution >= 4 is 5.91 Å². The summed E-state index contributed by atoms with van der Waals surface area (Å²) in [4.78, 5) is 11.7. The van der Waals surface area contributed by atoms with E-state index in [-0.39, 0.29) is 18.6 Å². The standard InChI is InChI=1S/C12H24N2O3/c1-9-4-5-13-10(2)12(9)14-11(15)8-17-7-6-16-3/h9-10,12-13H,4-8H2,1-3H3,(H,14,15). The van der Waals surface area contributed by atoms with Gasteiger partial charge in [-0.15, -0.1) is 0 Å². The van der Waals surface area contributed by atoms with E-state index in [1.165, 1.54) is 0 Å². The minimum atomic E-state index is -0.0477. The summed E-state index contributed by atoms with van der Waals surface area (Å²) in [7, 11) is 1.61. The van der Waals surface area contributed by atoms with Crippen LogP contribution < -0.4 is 10.6 Å². The van der Waals surface area contributed by atoms with Gasteiger partial charge in [0.05, 0.1) is 13.2 Å². The summed E-state index contributed by atoms with van der Waals surface area (Å²) in [5.74, 6) is 0.461. The van der Waals surface area contributed by atoms with Gasteiger partial charge in [-0.1, -0.05) is 6.92 Å². The number of carbonyl (C=O) groups is 1. The Kier molecular flexibility index (Phi) is 6.47.